The van der Waals surface area contributed by atoms with Gasteiger partial charge in [-0.05, 0) is 58.4 Å². The molecule has 1 saturated carbocycles. The summed E-state index contributed by atoms with van der Waals surface area (Å²) in [4.78, 5) is 0. The number of aryl methyl sites for hydroxylation is 2. The maximum absolute atomic E-state index is 3.65. The van der Waals surface area contributed by atoms with E-state index < -0.39 is 8.07 Å². The Bertz CT molecular complexity index is 1560. The van der Waals surface area contributed by atoms with Gasteiger partial charge in [0.15, 0.2) is 0 Å². The summed E-state index contributed by atoms with van der Waals surface area (Å²) in [6.07, 6.45) is 14.4. The fourth-order valence-electron chi connectivity index (χ4n) is 7.86. The topological polar surface area (TPSA) is 0 Å². The Labute approximate surface area is 303 Å². The van der Waals surface area contributed by atoms with Crippen LogP contribution in [0, 0.1) is 19.9 Å². The van der Waals surface area contributed by atoms with Crippen molar-refractivity contribution < 1.29 is 49.0 Å². The van der Waals surface area contributed by atoms with Crippen LogP contribution in [-0.4, -0.2) is 11.3 Å². The molecule has 0 unspecified atom stereocenters. The SMILES string of the molecule is CC1=[C-]C(C)(C)c2cc3c(cc21)-c1cc2c(cc1C3)C(C)(C)C=C2C.Cc1cc([Si](C)(C)C)c(C)[cH-]1.[Cl-].[Cl-].[Zr+2]=[C]1CCCCC1. The van der Waals surface area contributed by atoms with E-state index in [2.05, 4.69) is 124 Å². The third-order valence-electron chi connectivity index (χ3n) is 9.94. The minimum atomic E-state index is -1.06. The molecule has 4 aliphatic carbocycles. The second-order valence-electron chi connectivity index (χ2n) is 15.8. The van der Waals surface area contributed by atoms with Gasteiger partial charge in [-0.2, -0.15) is 27.9 Å². The van der Waals surface area contributed by atoms with Crippen molar-refractivity contribution in [3.8, 4) is 11.1 Å². The van der Waals surface area contributed by atoms with Gasteiger partial charge in [-0.3, -0.25) is 6.08 Å². The van der Waals surface area contributed by atoms with Crippen molar-refractivity contribution >= 4 is 27.6 Å². The molecule has 1 fully saturated rings. The quantitative estimate of drug-likeness (QED) is 0.197. The summed E-state index contributed by atoms with van der Waals surface area (Å²) in [5, 5.41) is 1.62. The number of benzene rings is 2. The number of hydrogen-bond acceptors (Lipinski definition) is 0. The Kier molecular flexibility index (Phi) is 12.0. The molecule has 0 bridgehead atoms. The molecule has 45 heavy (non-hydrogen) atoms. The molecular formula is C41H52Cl2SiZr-2. The summed E-state index contributed by atoms with van der Waals surface area (Å²) in [5.41, 5.74) is 17.5. The summed E-state index contributed by atoms with van der Waals surface area (Å²) in [7, 11) is -1.06. The number of rotatable bonds is 1. The average Bonchev–Trinajstić information content (AvgIpc) is 3.57. The van der Waals surface area contributed by atoms with Crippen LogP contribution in [0.2, 0.25) is 19.6 Å². The first-order chi connectivity index (χ1) is 20.0. The van der Waals surface area contributed by atoms with E-state index in [9.17, 15) is 0 Å². The number of allylic oxidation sites excluding steroid dienone is 4. The first kappa shape index (κ1) is 38.3. The van der Waals surface area contributed by atoms with Crippen molar-refractivity contribution in [2.24, 2.45) is 0 Å². The Morgan fingerprint density at radius 2 is 1.29 bits per heavy atom. The number of halogens is 2. The summed E-state index contributed by atoms with van der Waals surface area (Å²) in [6, 6.07) is 14.4. The Morgan fingerprint density at radius 3 is 1.76 bits per heavy atom. The Balaban J connectivity index is 0.000000230. The van der Waals surface area contributed by atoms with Crippen LogP contribution in [0.15, 0.2) is 42.5 Å². The average molecular weight is 735 g/mol. The minimum absolute atomic E-state index is 0. The monoisotopic (exact) mass is 732 g/mol. The summed E-state index contributed by atoms with van der Waals surface area (Å²) in [5.74, 6) is 0. The van der Waals surface area contributed by atoms with Crippen molar-refractivity contribution in [3.05, 3.63) is 93.1 Å². The Morgan fingerprint density at radius 1 is 0.733 bits per heavy atom. The molecule has 4 aliphatic rings. The van der Waals surface area contributed by atoms with Crippen molar-refractivity contribution in [2.75, 3.05) is 0 Å². The van der Waals surface area contributed by atoms with E-state index in [0.29, 0.717) is 0 Å². The molecule has 0 saturated heterocycles. The van der Waals surface area contributed by atoms with Crippen LogP contribution in [0.25, 0.3) is 22.3 Å². The zero-order valence-electron chi connectivity index (χ0n) is 29.5. The van der Waals surface area contributed by atoms with Crippen molar-refractivity contribution in [3.63, 3.8) is 0 Å². The van der Waals surface area contributed by atoms with Gasteiger partial charge in [-0.15, -0.1) is 11.6 Å². The van der Waals surface area contributed by atoms with Crippen LogP contribution in [0.1, 0.15) is 118 Å². The molecule has 240 valence electrons. The van der Waals surface area contributed by atoms with Crippen LogP contribution in [-0.2, 0) is 41.5 Å². The van der Waals surface area contributed by atoms with Crippen LogP contribution in [0.4, 0.5) is 0 Å². The van der Waals surface area contributed by atoms with Crippen LogP contribution < -0.4 is 30.0 Å². The summed E-state index contributed by atoms with van der Waals surface area (Å²) < 4.78 is 1.80. The van der Waals surface area contributed by atoms with Crippen LogP contribution in [0.3, 0.4) is 0 Å². The molecule has 0 aromatic heterocycles. The molecule has 0 amide bonds. The van der Waals surface area contributed by atoms with Crippen molar-refractivity contribution in [1.29, 1.82) is 0 Å². The molecular weight excluding hydrogens is 683 g/mol. The Hall–Kier alpha value is -1.18. The van der Waals surface area contributed by atoms with Gasteiger partial charge >= 0.3 is 59.5 Å². The summed E-state index contributed by atoms with van der Waals surface area (Å²) in [6.45, 7) is 25.3. The maximum atomic E-state index is 3.65. The number of fused-ring (bicyclic) bond motifs is 5. The third kappa shape index (κ3) is 7.94. The zero-order valence-corrected chi connectivity index (χ0v) is 34.5. The molecule has 0 spiro atoms. The van der Waals surface area contributed by atoms with E-state index >= 15 is 0 Å². The molecule has 3 aromatic carbocycles. The molecule has 0 N–H and O–H groups in total. The van der Waals surface area contributed by atoms with Gasteiger partial charge < -0.3 is 24.8 Å². The van der Waals surface area contributed by atoms with Gasteiger partial charge in [-0.1, -0.05) is 91.7 Å². The summed E-state index contributed by atoms with van der Waals surface area (Å²) >= 11 is 1.69. The van der Waals surface area contributed by atoms with E-state index in [1.54, 1.807) is 32.6 Å². The first-order valence-corrected chi connectivity index (χ1v) is 21.2. The molecule has 0 radical (unpaired) electrons. The second-order valence-corrected chi connectivity index (χ2v) is 22.5. The van der Waals surface area contributed by atoms with Gasteiger partial charge in [0, 0.05) is 13.5 Å². The molecule has 0 heterocycles. The molecule has 3 aromatic rings. The van der Waals surface area contributed by atoms with Crippen LogP contribution in [0.5, 0.6) is 0 Å². The fourth-order valence-corrected chi connectivity index (χ4v) is 10.6. The molecule has 7 rings (SSSR count). The van der Waals surface area contributed by atoms with Crippen molar-refractivity contribution in [2.45, 2.75) is 124 Å². The molecule has 0 nitrogen and oxygen atoms in total. The zero-order chi connectivity index (χ0) is 31.5. The van der Waals surface area contributed by atoms with E-state index in [1.165, 1.54) is 98.9 Å². The van der Waals surface area contributed by atoms with Gasteiger partial charge in [0.05, 0.1) is 0 Å². The fraction of sp³-hybridized carbons (Fsp3) is 0.463. The predicted octanol–water partition coefficient (Wildman–Crippen LogP) is 4.70. The van der Waals surface area contributed by atoms with Crippen LogP contribution >= 0.6 is 0 Å². The standard InChI is InChI=1S/C25H25.C10H17Si.C6H10.2ClH.Zr/c1-14-12-24(3,4)22-8-16-7-17-9-23-19(15(2)13-25(23,5)6)11-21(17)20(16)10-18(14)22;1-8-6-9(2)10(7-8)11(3,4)5;1-2-4-6-5-3-1;;;/h8-12H,7H2,1-6H3;6-7H,1-5H3;1-5H2;2*1H;/q2*-1;;;;+2/p-2. The van der Waals surface area contributed by atoms with E-state index in [4.69, 9.17) is 0 Å². The molecule has 0 atom stereocenters. The normalized spacial score (nSPS) is 17.9. The third-order valence-corrected chi connectivity index (χ3v) is 13.3. The van der Waals surface area contributed by atoms with E-state index in [1.807, 2.05) is 0 Å². The second kappa shape index (κ2) is 14.1. The van der Waals surface area contributed by atoms with Gasteiger partial charge in [-0.25, -0.2) is 11.6 Å². The predicted molar refractivity (Wildman–Crippen MR) is 189 cm³/mol. The van der Waals surface area contributed by atoms with Gasteiger partial charge in [0.1, 0.15) is 0 Å². The van der Waals surface area contributed by atoms with Gasteiger partial charge in [0.25, 0.3) is 0 Å². The molecule has 0 aliphatic heterocycles. The van der Waals surface area contributed by atoms with Gasteiger partial charge in [0.2, 0.25) is 0 Å². The van der Waals surface area contributed by atoms with E-state index in [-0.39, 0.29) is 35.6 Å². The van der Waals surface area contributed by atoms with E-state index in [0.717, 1.165) is 6.42 Å². The van der Waals surface area contributed by atoms with Crippen molar-refractivity contribution in [1.82, 2.24) is 0 Å². The molecule has 4 heteroatoms. The first-order valence-electron chi connectivity index (χ1n) is 16.5. The number of hydrogen-bond donors (Lipinski definition) is 0.